The molecule has 0 spiro atoms. The monoisotopic (exact) mass is 506 g/mol. The number of ether oxygens (including phenoxy) is 1. The highest BCUT2D eigenvalue weighted by Crippen LogP contribution is 2.47. The fraction of sp³-hybridized carbons (Fsp3) is 0.618. The maximum atomic E-state index is 10.3. The Kier molecular flexibility index (Phi) is 11.1. The van der Waals surface area contributed by atoms with Gasteiger partial charge in [0.05, 0.1) is 17.3 Å². The van der Waals surface area contributed by atoms with Gasteiger partial charge in [0.1, 0.15) is 0 Å². The van der Waals surface area contributed by atoms with Crippen LogP contribution in [-0.2, 0) is 16.0 Å². The third-order valence-corrected chi connectivity index (χ3v) is 9.09. The zero-order chi connectivity index (χ0) is 26.8. The van der Waals surface area contributed by atoms with Crippen molar-refractivity contribution in [1.29, 1.82) is 0 Å². The molecule has 1 aromatic rings. The van der Waals surface area contributed by atoms with Gasteiger partial charge < -0.3 is 9.84 Å². The predicted molar refractivity (Wildman–Crippen MR) is 154 cm³/mol. The highest BCUT2D eigenvalue weighted by molar-refractivity contribution is 5.73. The summed E-state index contributed by atoms with van der Waals surface area (Å²) in [5.74, 6) is 4.24. The largest absolute Gasteiger partial charge is 0.495 e. The summed E-state index contributed by atoms with van der Waals surface area (Å²) in [6, 6.07) is 10.8. The Morgan fingerprint density at radius 3 is 2.54 bits per heavy atom. The molecule has 3 nitrogen and oxygen atoms in total. The number of allylic oxidation sites excluding steroid dienone is 5. The average Bonchev–Trinajstić information content (AvgIpc) is 2.89. The number of hydrogen-bond donors (Lipinski definition) is 1. The molecule has 2 unspecified atom stereocenters. The third kappa shape index (κ3) is 8.90. The van der Waals surface area contributed by atoms with Crippen molar-refractivity contribution < 1.29 is 14.6 Å². The summed E-state index contributed by atoms with van der Waals surface area (Å²) in [6.45, 7) is 11.8. The fourth-order valence-electron chi connectivity index (χ4n) is 6.14. The lowest BCUT2D eigenvalue weighted by Crippen LogP contribution is -2.35. The molecule has 1 N–H and O–H groups in total. The highest BCUT2D eigenvalue weighted by Gasteiger charge is 2.38. The Morgan fingerprint density at radius 1 is 1.14 bits per heavy atom. The molecule has 1 saturated carbocycles. The fourth-order valence-corrected chi connectivity index (χ4v) is 6.14. The highest BCUT2D eigenvalue weighted by atomic mass is 16.5. The lowest BCUT2D eigenvalue weighted by atomic mass is 9.62. The van der Waals surface area contributed by atoms with Gasteiger partial charge in [-0.1, -0.05) is 75.1 Å². The molecule has 0 bridgehead atoms. The first-order valence-corrected chi connectivity index (χ1v) is 14.7. The van der Waals surface area contributed by atoms with Gasteiger partial charge in [-0.3, -0.25) is 4.79 Å². The van der Waals surface area contributed by atoms with Gasteiger partial charge in [0, 0.05) is 6.42 Å². The van der Waals surface area contributed by atoms with Crippen molar-refractivity contribution in [3.05, 3.63) is 72.5 Å². The molecule has 6 atom stereocenters. The molecule has 2 aliphatic carbocycles. The van der Waals surface area contributed by atoms with E-state index in [-0.39, 0.29) is 0 Å². The van der Waals surface area contributed by atoms with Gasteiger partial charge in [-0.2, -0.15) is 0 Å². The smallest absolute Gasteiger partial charge is 0.309 e. The van der Waals surface area contributed by atoms with E-state index in [1.807, 2.05) is 6.92 Å². The molecule has 0 radical (unpaired) electrons. The summed E-state index contributed by atoms with van der Waals surface area (Å²) < 4.78 is 6.02. The molecule has 1 aliphatic heterocycles. The first-order valence-electron chi connectivity index (χ1n) is 14.7. The predicted octanol–water partition coefficient (Wildman–Crippen LogP) is 9.01. The Morgan fingerprint density at radius 2 is 1.89 bits per heavy atom. The molecule has 2 fully saturated rings. The van der Waals surface area contributed by atoms with Crippen LogP contribution in [0.3, 0.4) is 0 Å². The Labute approximate surface area is 226 Å². The molecular formula is C34H50O3. The maximum absolute atomic E-state index is 10.3. The van der Waals surface area contributed by atoms with Gasteiger partial charge in [0.2, 0.25) is 0 Å². The minimum atomic E-state index is -0.722. The standard InChI is InChI=1S/C28H38O.C6H12O2/c1-21-14-16-25-20-24(12-7-11-23-9-4-3-5-10-23)15-18-28(25)27(21)19-17-26-13-6-8-22(2)29-26;1-4-6(2,3)5(7)8/h3-5,7,9-10,12,14,16,21,24-28H,2,6,8,11,13,15,17-20H2,1H3;4H2,1-3H3,(H,7,8)/b12-7+;/t21-,24+,25?,26-,27?,28-;/m0./s1. The number of carboxylic acids is 1. The summed E-state index contributed by atoms with van der Waals surface area (Å²) in [7, 11) is 0. The minimum absolute atomic E-state index is 0.421. The normalized spacial score (nSPS) is 29.7. The molecule has 204 valence electrons. The second-order valence-electron chi connectivity index (χ2n) is 12.2. The number of carboxylic acid groups (broad SMARTS) is 1. The van der Waals surface area contributed by atoms with Crippen LogP contribution in [0.5, 0.6) is 0 Å². The SMILES string of the molecule is C=C1CCC[C@@H](CCC2[C@H]3CC[C@@H](/C=C/Cc4ccccc4)CC3C=C[C@@H]2C)O1.CCC(C)(C)C(=O)O. The Bertz CT molecular complexity index is 912. The van der Waals surface area contributed by atoms with Crippen LogP contribution in [0.2, 0.25) is 0 Å². The molecule has 0 aromatic heterocycles. The number of carbonyl (C=O) groups is 1. The van der Waals surface area contributed by atoms with E-state index >= 15 is 0 Å². The topological polar surface area (TPSA) is 46.5 Å². The van der Waals surface area contributed by atoms with Crippen molar-refractivity contribution in [2.75, 3.05) is 0 Å². The quantitative estimate of drug-likeness (QED) is 0.358. The maximum Gasteiger partial charge on any atom is 0.309 e. The summed E-state index contributed by atoms with van der Waals surface area (Å²) >= 11 is 0. The van der Waals surface area contributed by atoms with Crippen molar-refractivity contribution >= 4 is 5.97 Å². The molecule has 37 heavy (non-hydrogen) atoms. The van der Waals surface area contributed by atoms with Crippen LogP contribution < -0.4 is 0 Å². The van der Waals surface area contributed by atoms with Gasteiger partial charge >= 0.3 is 5.97 Å². The number of fused-ring (bicyclic) bond motifs is 1. The Balaban J connectivity index is 0.000000414. The van der Waals surface area contributed by atoms with Crippen LogP contribution in [0.15, 0.2) is 67.0 Å². The van der Waals surface area contributed by atoms with Crippen molar-refractivity contribution in [1.82, 2.24) is 0 Å². The van der Waals surface area contributed by atoms with E-state index in [9.17, 15) is 4.79 Å². The zero-order valence-corrected chi connectivity index (χ0v) is 23.7. The average molecular weight is 507 g/mol. The second-order valence-corrected chi connectivity index (χ2v) is 12.2. The lowest BCUT2D eigenvalue weighted by Gasteiger charge is -2.44. The summed E-state index contributed by atoms with van der Waals surface area (Å²) in [6.07, 6.45) is 22.3. The van der Waals surface area contributed by atoms with Gasteiger partial charge in [0.25, 0.3) is 0 Å². The van der Waals surface area contributed by atoms with Gasteiger partial charge in [-0.05, 0) is 107 Å². The minimum Gasteiger partial charge on any atom is -0.495 e. The number of benzene rings is 1. The van der Waals surface area contributed by atoms with E-state index in [0.29, 0.717) is 18.4 Å². The molecule has 4 rings (SSSR count). The second kappa shape index (κ2) is 14.0. The van der Waals surface area contributed by atoms with E-state index < -0.39 is 11.4 Å². The van der Waals surface area contributed by atoms with E-state index in [2.05, 4.69) is 68.1 Å². The first-order chi connectivity index (χ1) is 17.7. The van der Waals surface area contributed by atoms with Crippen LogP contribution in [0.1, 0.15) is 91.0 Å². The molecule has 3 aliphatic rings. The molecule has 1 aromatic carbocycles. The third-order valence-electron chi connectivity index (χ3n) is 9.09. The zero-order valence-electron chi connectivity index (χ0n) is 23.7. The summed E-state index contributed by atoms with van der Waals surface area (Å²) in [4.78, 5) is 10.3. The van der Waals surface area contributed by atoms with Crippen molar-refractivity contribution in [2.45, 2.75) is 98.0 Å². The number of aliphatic carboxylic acids is 1. The van der Waals surface area contributed by atoms with Crippen molar-refractivity contribution in [2.24, 2.45) is 35.0 Å². The number of rotatable bonds is 8. The van der Waals surface area contributed by atoms with Crippen molar-refractivity contribution in [3.63, 3.8) is 0 Å². The van der Waals surface area contributed by atoms with E-state index in [1.54, 1.807) is 13.8 Å². The van der Waals surface area contributed by atoms with Crippen LogP contribution >= 0.6 is 0 Å². The molecule has 1 heterocycles. The van der Waals surface area contributed by atoms with Crippen LogP contribution in [0.4, 0.5) is 0 Å². The van der Waals surface area contributed by atoms with Crippen LogP contribution in [0.25, 0.3) is 0 Å². The Hall–Kier alpha value is -2.29. The number of hydrogen-bond acceptors (Lipinski definition) is 2. The summed E-state index contributed by atoms with van der Waals surface area (Å²) in [5, 5.41) is 8.44. The van der Waals surface area contributed by atoms with Gasteiger partial charge in [-0.25, -0.2) is 0 Å². The first kappa shape index (κ1) is 29.3. The van der Waals surface area contributed by atoms with E-state index in [1.165, 1.54) is 50.5 Å². The summed E-state index contributed by atoms with van der Waals surface area (Å²) in [5.41, 5.74) is 0.872. The molecule has 0 amide bonds. The molecular weight excluding hydrogens is 456 g/mol. The van der Waals surface area contributed by atoms with Crippen LogP contribution in [-0.4, -0.2) is 17.2 Å². The van der Waals surface area contributed by atoms with E-state index in [4.69, 9.17) is 9.84 Å². The molecule has 1 saturated heterocycles. The van der Waals surface area contributed by atoms with Crippen LogP contribution in [0, 0.1) is 35.0 Å². The van der Waals surface area contributed by atoms with Gasteiger partial charge in [-0.15, -0.1) is 0 Å². The molecule has 3 heteroatoms. The lowest BCUT2D eigenvalue weighted by molar-refractivity contribution is -0.147. The van der Waals surface area contributed by atoms with Gasteiger partial charge in [0.15, 0.2) is 0 Å². The van der Waals surface area contributed by atoms with Crippen molar-refractivity contribution in [3.8, 4) is 0 Å². The van der Waals surface area contributed by atoms with E-state index in [0.717, 1.165) is 42.3 Å².